The number of carbonyl (C=O) groups excluding carboxylic acids is 2. The number of carbonyl (C=O) groups is 2. The van der Waals surface area contributed by atoms with E-state index in [1.54, 1.807) is 12.1 Å². The van der Waals surface area contributed by atoms with Crippen LogP contribution in [0.5, 0.6) is 5.75 Å². The summed E-state index contributed by atoms with van der Waals surface area (Å²) in [6.07, 6.45) is 0. The van der Waals surface area contributed by atoms with E-state index in [4.69, 9.17) is 0 Å². The average molecular weight is 425 g/mol. The highest BCUT2D eigenvalue weighted by atomic mass is 16.6. The summed E-state index contributed by atoms with van der Waals surface area (Å²) in [6, 6.07) is 8.24. The Morgan fingerprint density at radius 3 is 1.81 bits per heavy atom. The van der Waals surface area contributed by atoms with Crippen LogP contribution in [0.15, 0.2) is 36.4 Å². The number of benzene rings is 2. The number of phenolic OH excluding ortho intramolecular Hbond substituents is 1. The number of anilines is 2. The van der Waals surface area contributed by atoms with Crippen LogP contribution in [0, 0.1) is 10.1 Å². The third-order valence-electron chi connectivity index (χ3n) is 5.31. The molecule has 2 aromatic rings. The third-order valence-corrected chi connectivity index (χ3v) is 5.31. The van der Waals surface area contributed by atoms with Crippen molar-refractivity contribution >= 4 is 29.0 Å². The van der Waals surface area contributed by atoms with E-state index in [1.165, 1.54) is 29.2 Å². The highest BCUT2D eigenvalue weighted by Gasteiger charge is 2.39. The lowest BCUT2D eigenvalue weighted by molar-refractivity contribution is -0.384. The summed E-state index contributed by atoms with van der Waals surface area (Å²) >= 11 is 0. The molecule has 31 heavy (non-hydrogen) atoms. The fourth-order valence-electron chi connectivity index (χ4n) is 3.60. The van der Waals surface area contributed by atoms with Crippen LogP contribution in [0.2, 0.25) is 0 Å². The van der Waals surface area contributed by atoms with E-state index in [0.29, 0.717) is 16.8 Å². The van der Waals surface area contributed by atoms with Crippen LogP contribution in [0.25, 0.3) is 0 Å². The Labute approximate surface area is 181 Å². The second kappa shape index (κ2) is 7.37. The van der Waals surface area contributed by atoms with E-state index in [0.717, 1.165) is 4.90 Å². The monoisotopic (exact) mass is 425 g/mol. The van der Waals surface area contributed by atoms with Crippen molar-refractivity contribution in [3.8, 4) is 5.75 Å². The van der Waals surface area contributed by atoms with Crippen molar-refractivity contribution in [2.45, 2.75) is 52.4 Å². The second-order valence-electron chi connectivity index (χ2n) is 9.76. The number of amides is 3. The lowest BCUT2D eigenvalue weighted by Gasteiger charge is -2.29. The molecule has 2 aromatic carbocycles. The van der Waals surface area contributed by atoms with Crippen LogP contribution in [-0.2, 0) is 15.6 Å². The molecule has 8 heteroatoms. The minimum Gasteiger partial charge on any atom is -0.507 e. The van der Waals surface area contributed by atoms with Crippen molar-refractivity contribution in [1.29, 1.82) is 0 Å². The van der Waals surface area contributed by atoms with Gasteiger partial charge in [-0.3, -0.25) is 19.8 Å². The number of non-ortho nitro benzene ring substituents is 1. The lowest BCUT2D eigenvalue weighted by Crippen LogP contribution is -2.33. The van der Waals surface area contributed by atoms with Gasteiger partial charge >= 0.3 is 6.03 Å². The van der Waals surface area contributed by atoms with Crippen molar-refractivity contribution in [2.75, 3.05) is 16.3 Å². The summed E-state index contributed by atoms with van der Waals surface area (Å²) in [4.78, 5) is 38.6. The highest BCUT2D eigenvalue weighted by molar-refractivity contribution is 6.27. The number of nitro benzene ring substituents is 1. The van der Waals surface area contributed by atoms with Crippen LogP contribution < -0.4 is 9.80 Å². The van der Waals surface area contributed by atoms with E-state index >= 15 is 0 Å². The first-order chi connectivity index (χ1) is 14.2. The van der Waals surface area contributed by atoms with Crippen LogP contribution >= 0.6 is 0 Å². The maximum absolute atomic E-state index is 13.2. The van der Waals surface area contributed by atoms with Gasteiger partial charge in [-0.1, -0.05) is 41.5 Å². The molecule has 1 aliphatic rings. The predicted molar refractivity (Wildman–Crippen MR) is 119 cm³/mol. The van der Waals surface area contributed by atoms with Gasteiger partial charge in [0.2, 0.25) is 0 Å². The SMILES string of the molecule is CC(C)(C)c1cc(N2CC(=O)N(c3ccc([N+](=O)[O-])cc3)C2=O)cc(C(C)(C)C)c1O. The Morgan fingerprint density at radius 1 is 0.903 bits per heavy atom. The lowest BCUT2D eigenvalue weighted by atomic mass is 9.79. The van der Waals surface area contributed by atoms with Gasteiger partial charge in [-0.25, -0.2) is 9.69 Å². The molecule has 1 aliphatic heterocycles. The number of imide groups is 1. The summed E-state index contributed by atoms with van der Waals surface area (Å²) in [6.45, 7) is 11.7. The minimum atomic E-state index is -0.539. The number of hydrogen-bond donors (Lipinski definition) is 1. The fraction of sp³-hybridized carbons (Fsp3) is 0.391. The molecule has 0 unspecified atom stereocenters. The molecule has 0 saturated carbocycles. The number of nitro groups is 1. The van der Waals surface area contributed by atoms with E-state index < -0.39 is 16.9 Å². The first-order valence-electron chi connectivity index (χ1n) is 9.98. The quantitative estimate of drug-likeness (QED) is 0.429. The van der Waals surface area contributed by atoms with Crippen LogP contribution in [-0.4, -0.2) is 28.5 Å². The van der Waals surface area contributed by atoms with Gasteiger partial charge in [0.1, 0.15) is 12.3 Å². The Kier molecular flexibility index (Phi) is 5.29. The van der Waals surface area contributed by atoms with E-state index in [-0.39, 0.29) is 34.5 Å². The van der Waals surface area contributed by atoms with Crippen LogP contribution in [0.3, 0.4) is 0 Å². The Morgan fingerprint density at radius 2 is 1.39 bits per heavy atom. The molecular weight excluding hydrogens is 398 g/mol. The van der Waals surface area contributed by atoms with Crippen molar-refractivity contribution in [2.24, 2.45) is 0 Å². The Balaban J connectivity index is 2.06. The topological polar surface area (TPSA) is 104 Å². The fourth-order valence-corrected chi connectivity index (χ4v) is 3.60. The van der Waals surface area contributed by atoms with E-state index in [2.05, 4.69) is 0 Å². The molecule has 3 amide bonds. The molecule has 0 spiro atoms. The minimum absolute atomic E-state index is 0.122. The van der Waals surface area contributed by atoms with E-state index in [9.17, 15) is 24.8 Å². The average Bonchev–Trinajstić information content (AvgIpc) is 2.94. The number of aromatic hydroxyl groups is 1. The molecule has 0 aromatic heterocycles. The van der Waals surface area contributed by atoms with Gasteiger partial charge in [0.15, 0.2) is 0 Å². The summed E-state index contributed by atoms with van der Waals surface area (Å²) < 4.78 is 0. The summed E-state index contributed by atoms with van der Waals surface area (Å²) in [7, 11) is 0. The molecule has 0 radical (unpaired) electrons. The molecule has 164 valence electrons. The number of phenols is 1. The molecule has 1 heterocycles. The number of urea groups is 1. The zero-order chi connectivity index (χ0) is 23.3. The third kappa shape index (κ3) is 4.10. The van der Waals surface area contributed by atoms with Gasteiger partial charge in [0.25, 0.3) is 11.6 Å². The molecule has 0 bridgehead atoms. The zero-order valence-corrected chi connectivity index (χ0v) is 18.6. The Bertz CT molecular complexity index is 1030. The molecular formula is C23H27N3O5. The largest absolute Gasteiger partial charge is 0.507 e. The van der Waals surface area contributed by atoms with Crippen LogP contribution in [0.1, 0.15) is 52.7 Å². The number of hydrogen-bond acceptors (Lipinski definition) is 5. The van der Waals surface area contributed by atoms with Gasteiger partial charge < -0.3 is 5.11 Å². The highest BCUT2D eigenvalue weighted by Crippen LogP contribution is 2.42. The predicted octanol–water partition coefficient (Wildman–Crippen LogP) is 4.87. The smallest absolute Gasteiger partial charge is 0.336 e. The van der Waals surface area contributed by atoms with Crippen LogP contribution in [0.4, 0.5) is 21.9 Å². The molecule has 1 saturated heterocycles. The molecule has 0 aliphatic carbocycles. The zero-order valence-electron chi connectivity index (χ0n) is 18.6. The number of rotatable bonds is 3. The first-order valence-corrected chi connectivity index (χ1v) is 9.98. The van der Waals surface area contributed by atoms with Gasteiger partial charge in [0, 0.05) is 28.9 Å². The normalized spacial score (nSPS) is 15.0. The molecule has 8 nitrogen and oxygen atoms in total. The van der Waals surface area contributed by atoms with Gasteiger partial charge in [0.05, 0.1) is 10.6 Å². The number of nitrogens with zero attached hydrogens (tertiary/aromatic N) is 3. The summed E-state index contributed by atoms with van der Waals surface area (Å²) in [5.74, 6) is -0.240. The van der Waals surface area contributed by atoms with E-state index in [1.807, 2.05) is 41.5 Å². The standard InChI is InChI=1S/C23H27N3O5/c1-22(2,3)17-11-16(12-18(20(17)28)23(4,5)6)24-13-19(27)25(21(24)29)14-7-9-15(10-8-14)26(30)31/h7-12,28H,13H2,1-6H3. The van der Waals surface area contributed by atoms with Gasteiger partial charge in [-0.15, -0.1) is 0 Å². The van der Waals surface area contributed by atoms with Crippen molar-refractivity contribution in [3.05, 3.63) is 57.6 Å². The molecule has 0 atom stereocenters. The summed E-state index contributed by atoms with van der Waals surface area (Å²) in [5, 5.41) is 21.8. The van der Waals surface area contributed by atoms with Crippen molar-refractivity contribution < 1.29 is 19.6 Å². The Hall–Kier alpha value is -3.42. The molecule has 1 N–H and O–H groups in total. The second-order valence-corrected chi connectivity index (χ2v) is 9.76. The maximum atomic E-state index is 13.2. The first kappa shape index (κ1) is 22.3. The van der Waals surface area contributed by atoms with Crippen molar-refractivity contribution in [1.82, 2.24) is 0 Å². The summed E-state index contributed by atoms with van der Waals surface area (Å²) in [5.41, 5.74) is 1.27. The maximum Gasteiger partial charge on any atom is 0.336 e. The van der Waals surface area contributed by atoms with Gasteiger partial charge in [-0.05, 0) is 35.1 Å². The molecule has 1 fully saturated rings. The molecule has 3 rings (SSSR count). The van der Waals surface area contributed by atoms with Gasteiger partial charge in [-0.2, -0.15) is 0 Å². The van der Waals surface area contributed by atoms with Crippen molar-refractivity contribution in [3.63, 3.8) is 0 Å².